The lowest BCUT2D eigenvalue weighted by atomic mass is 10.4. The number of hydrogen-bond acceptors (Lipinski definition) is 8. The second-order valence-corrected chi connectivity index (χ2v) is 4.15. The largest absolute Gasteiger partial charge is 0.476 e. The van der Waals surface area contributed by atoms with Crippen LogP contribution in [-0.4, -0.2) is 31.2 Å². The Kier molecular flexibility index (Phi) is 3.24. The number of rotatable bonds is 3. The van der Waals surface area contributed by atoms with Crippen molar-refractivity contribution in [2.24, 2.45) is 0 Å². The molecule has 0 amide bonds. The maximum absolute atomic E-state index is 10.6. The Morgan fingerprint density at radius 2 is 1.83 bits per heavy atom. The summed E-state index contributed by atoms with van der Waals surface area (Å²) in [5, 5.41) is 16.7. The normalized spacial score (nSPS) is 10.2. The van der Waals surface area contributed by atoms with E-state index in [4.69, 9.17) is 16.6 Å². The molecule has 5 N–H and O–H groups in total. The number of carboxylic acids is 1. The number of carbonyl (C=O) groups is 1. The predicted molar refractivity (Wildman–Crippen MR) is 64.0 cm³/mol. The molecule has 2 aromatic heterocycles. The minimum Gasteiger partial charge on any atom is -0.476 e. The first-order valence-corrected chi connectivity index (χ1v) is 5.51. The molecule has 0 unspecified atom stereocenters. The van der Waals surface area contributed by atoms with Gasteiger partial charge in [-0.25, -0.2) is 14.8 Å². The van der Waals surface area contributed by atoms with Crippen LogP contribution in [0.4, 0.5) is 11.6 Å². The molecule has 0 spiro atoms. The molecule has 2 heterocycles. The van der Waals surface area contributed by atoms with Gasteiger partial charge < -0.3 is 16.6 Å². The van der Waals surface area contributed by atoms with Crippen LogP contribution in [0.2, 0.25) is 0 Å². The molecule has 18 heavy (non-hydrogen) atoms. The summed E-state index contributed by atoms with van der Waals surface area (Å²) in [5.41, 5.74) is 10.9. The highest BCUT2D eigenvalue weighted by Gasteiger charge is 2.08. The molecular formula is C9H8N6O2S. The Morgan fingerprint density at radius 3 is 2.33 bits per heavy atom. The van der Waals surface area contributed by atoms with Crippen molar-refractivity contribution >= 4 is 29.4 Å². The molecule has 0 aliphatic heterocycles. The molecule has 2 rings (SSSR count). The first-order valence-electron chi connectivity index (χ1n) is 4.69. The third kappa shape index (κ3) is 2.83. The van der Waals surface area contributed by atoms with E-state index in [1.165, 1.54) is 18.2 Å². The highest BCUT2D eigenvalue weighted by molar-refractivity contribution is 7.99. The number of aromatic carboxylic acids is 1. The number of aromatic nitrogens is 4. The average molecular weight is 264 g/mol. The van der Waals surface area contributed by atoms with Crippen molar-refractivity contribution in [2.75, 3.05) is 11.5 Å². The summed E-state index contributed by atoms with van der Waals surface area (Å²) in [5.74, 6) is -0.635. The second-order valence-electron chi connectivity index (χ2n) is 3.16. The van der Waals surface area contributed by atoms with E-state index in [0.29, 0.717) is 10.2 Å². The summed E-state index contributed by atoms with van der Waals surface area (Å²) >= 11 is 1.09. The van der Waals surface area contributed by atoms with Crippen molar-refractivity contribution in [2.45, 2.75) is 10.2 Å². The summed E-state index contributed by atoms with van der Waals surface area (Å²) in [6.07, 6.45) is 0. The van der Waals surface area contributed by atoms with Crippen LogP contribution in [0.5, 0.6) is 0 Å². The molecule has 0 saturated heterocycles. The van der Waals surface area contributed by atoms with E-state index in [9.17, 15) is 4.79 Å². The van der Waals surface area contributed by atoms with Gasteiger partial charge in [0, 0.05) is 6.07 Å². The number of carboxylic acid groups (broad SMARTS) is 1. The van der Waals surface area contributed by atoms with Crippen LogP contribution in [0.25, 0.3) is 0 Å². The van der Waals surface area contributed by atoms with Crippen molar-refractivity contribution in [3.63, 3.8) is 0 Å². The van der Waals surface area contributed by atoms with E-state index in [-0.39, 0.29) is 17.3 Å². The molecule has 0 atom stereocenters. The van der Waals surface area contributed by atoms with Crippen LogP contribution in [0.3, 0.4) is 0 Å². The van der Waals surface area contributed by atoms with E-state index in [1.54, 1.807) is 0 Å². The van der Waals surface area contributed by atoms with Crippen LogP contribution < -0.4 is 11.5 Å². The van der Waals surface area contributed by atoms with Crippen LogP contribution in [0.15, 0.2) is 28.4 Å². The summed E-state index contributed by atoms with van der Waals surface area (Å²) in [6.45, 7) is 0. The van der Waals surface area contributed by atoms with Gasteiger partial charge in [0.1, 0.15) is 16.7 Å². The smallest absolute Gasteiger partial charge is 0.356 e. The first kappa shape index (κ1) is 12.0. The van der Waals surface area contributed by atoms with Gasteiger partial charge in [0.15, 0.2) is 10.9 Å². The fourth-order valence-corrected chi connectivity index (χ4v) is 1.80. The number of nitrogens with zero attached hydrogens (tertiary/aromatic N) is 4. The molecule has 0 saturated carbocycles. The van der Waals surface area contributed by atoms with Gasteiger partial charge >= 0.3 is 5.97 Å². The maximum Gasteiger partial charge on any atom is 0.356 e. The van der Waals surface area contributed by atoms with Gasteiger partial charge in [-0.2, -0.15) is 0 Å². The molecule has 0 fully saturated rings. The Labute approximate surface area is 105 Å². The molecule has 9 heteroatoms. The van der Waals surface area contributed by atoms with Gasteiger partial charge in [-0.1, -0.05) is 0 Å². The van der Waals surface area contributed by atoms with Gasteiger partial charge in [-0.05, 0) is 23.9 Å². The van der Waals surface area contributed by atoms with Crippen molar-refractivity contribution in [3.8, 4) is 0 Å². The van der Waals surface area contributed by atoms with Crippen molar-refractivity contribution in [1.82, 2.24) is 20.2 Å². The summed E-state index contributed by atoms with van der Waals surface area (Å²) in [6, 6.07) is 4.28. The molecule has 8 nitrogen and oxygen atoms in total. The SMILES string of the molecule is Nc1cc(N)nc(Sc2ccc(C(=O)O)nn2)n1. The number of hydrogen-bond donors (Lipinski definition) is 3. The van der Waals surface area contributed by atoms with Gasteiger partial charge in [0.05, 0.1) is 0 Å². The predicted octanol–water partition coefficient (Wildman–Crippen LogP) is 0.280. The van der Waals surface area contributed by atoms with Gasteiger partial charge in [-0.3, -0.25) is 0 Å². The van der Waals surface area contributed by atoms with Gasteiger partial charge in [0.25, 0.3) is 0 Å². The fraction of sp³-hybridized carbons (Fsp3) is 0. The van der Waals surface area contributed by atoms with Gasteiger partial charge in [0.2, 0.25) is 0 Å². The third-order valence-electron chi connectivity index (χ3n) is 1.80. The zero-order valence-electron chi connectivity index (χ0n) is 8.94. The molecule has 0 aliphatic carbocycles. The van der Waals surface area contributed by atoms with Crippen LogP contribution in [0, 0.1) is 0 Å². The Bertz CT molecular complexity index is 568. The lowest BCUT2D eigenvalue weighted by Gasteiger charge is -2.01. The molecule has 0 radical (unpaired) electrons. The monoisotopic (exact) mass is 264 g/mol. The Balaban J connectivity index is 2.20. The van der Waals surface area contributed by atoms with E-state index < -0.39 is 5.97 Å². The molecular weight excluding hydrogens is 256 g/mol. The quantitative estimate of drug-likeness (QED) is 0.666. The summed E-state index contributed by atoms with van der Waals surface area (Å²) < 4.78 is 0. The van der Waals surface area contributed by atoms with Crippen LogP contribution in [0.1, 0.15) is 10.5 Å². The topological polar surface area (TPSA) is 141 Å². The lowest BCUT2D eigenvalue weighted by Crippen LogP contribution is -2.02. The lowest BCUT2D eigenvalue weighted by molar-refractivity contribution is 0.0689. The van der Waals surface area contributed by atoms with Crippen molar-refractivity contribution in [1.29, 1.82) is 0 Å². The first-order chi connectivity index (χ1) is 8.54. The number of nitrogen functional groups attached to an aromatic ring is 2. The second kappa shape index (κ2) is 4.84. The summed E-state index contributed by atoms with van der Waals surface area (Å²) in [4.78, 5) is 18.5. The van der Waals surface area contributed by atoms with Crippen molar-refractivity contribution < 1.29 is 9.90 Å². The van der Waals surface area contributed by atoms with Crippen molar-refractivity contribution in [3.05, 3.63) is 23.9 Å². The highest BCUT2D eigenvalue weighted by Crippen LogP contribution is 2.23. The zero-order chi connectivity index (χ0) is 13.1. The Hall–Kier alpha value is -2.42. The third-order valence-corrected chi connectivity index (χ3v) is 2.59. The van der Waals surface area contributed by atoms with Crippen LogP contribution >= 0.6 is 11.8 Å². The van der Waals surface area contributed by atoms with E-state index in [2.05, 4.69) is 20.2 Å². The molecule has 0 aliphatic rings. The van der Waals surface area contributed by atoms with Gasteiger partial charge in [-0.15, -0.1) is 10.2 Å². The number of anilines is 2. The van der Waals surface area contributed by atoms with E-state index >= 15 is 0 Å². The van der Waals surface area contributed by atoms with E-state index in [0.717, 1.165) is 11.8 Å². The fourth-order valence-electron chi connectivity index (χ4n) is 1.09. The molecule has 0 aromatic carbocycles. The van der Waals surface area contributed by atoms with Crippen LogP contribution in [-0.2, 0) is 0 Å². The Morgan fingerprint density at radius 1 is 1.17 bits per heavy atom. The maximum atomic E-state index is 10.6. The average Bonchev–Trinajstić information content (AvgIpc) is 2.28. The molecule has 2 aromatic rings. The minimum absolute atomic E-state index is 0.132. The number of nitrogens with two attached hydrogens (primary N) is 2. The van der Waals surface area contributed by atoms with E-state index in [1.807, 2.05) is 0 Å². The molecule has 0 bridgehead atoms. The summed E-state index contributed by atoms with van der Waals surface area (Å²) in [7, 11) is 0. The minimum atomic E-state index is -1.14. The highest BCUT2D eigenvalue weighted by atomic mass is 32.2. The standard InChI is InChI=1S/C9H8N6O2S/c10-5-3-6(11)13-9(12-5)18-7-2-1-4(8(16)17)14-15-7/h1-3H,(H,16,17)(H4,10,11,12,13). The molecule has 92 valence electrons. The zero-order valence-corrected chi connectivity index (χ0v) is 9.76.